The van der Waals surface area contributed by atoms with Gasteiger partial charge in [-0.05, 0) is 66.9 Å². The van der Waals surface area contributed by atoms with Crippen LogP contribution in [0.4, 0.5) is 5.69 Å². The van der Waals surface area contributed by atoms with Crippen LogP contribution in [0.5, 0.6) is 0 Å². The summed E-state index contributed by atoms with van der Waals surface area (Å²) >= 11 is 0. The molecule has 0 saturated heterocycles. The minimum Gasteiger partial charge on any atom is -0.333 e. The highest BCUT2D eigenvalue weighted by atomic mass is 28.3. The molecular weight excluding hydrogens is 551 g/mol. The molecule has 0 spiro atoms. The molecule has 2 unspecified atom stereocenters. The van der Waals surface area contributed by atoms with Crippen LogP contribution in [0.3, 0.4) is 0 Å². The molecule has 5 rings (SSSR count). The molecule has 0 bridgehead atoms. The van der Waals surface area contributed by atoms with Gasteiger partial charge in [0, 0.05) is 28.4 Å². The van der Waals surface area contributed by atoms with E-state index < -0.39 is 16.1 Å². The Balaban J connectivity index is 1.63. The van der Waals surface area contributed by atoms with Crippen molar-refractivity contribution in [3.63, 3.8) is 0 Å². The first kappa shape index (κ1) is 30.4. The molecule has 0 aliphatic carbocycles. The second-order valence-electron chi connectivity index (χ2n) is 13.8. The first-order chi connectivity index (χ1) is 20.4. The Morgan fingerprint density at radius 3 is 1.47 bits per heavy atom. The van der Waals surface area contributed by atoms with Crippen molar-refractivity contribution >= 4 is 27.5 Å². The number of benzene rings is 4. The fourth-order valence-corrected chi connectivity index (χ4v) is 6.36. The number of nitrogens with zero attached hydrogens (tertiary/aromatic N) is 1. The molecule has 1 nitrogen and oxygen atoms in total. The number of hydrogen-bond acceptors (Lipinski definition) is 1. The fraction of sp³-hybridized carbons (Fsp3) is 0.250. The lowest BCUT2D eigenvalue weighted by molar-refractivity contribution is 0.663. The molecule has 43 heavy (non-hydrogen) atoms. The molecule has 0 saturated carbocycles. The zero-order valence-electron chi connectivity index (χ0n) is 26.9. The third-order valence-corrected chi connectivity index (χ3v) is 9.34. The van der Waals surface area contributed by atoms with Crippen LogP contribution >= 0.6 is 0 Å². The van der Waals surface area contributed by atoms with E-state index in [0.717, 1.165) is 11.1 Å². The van der Waals surface area contributed by atoms with Crippen LogP contribution in [0.2, 0.25) is 39.3 Å². The molecule has 4 aromatic carbocycles. The summed E-state index contributed by atoms with van der Waals surface area (Å²) in [6.07, 6.45) is 2.47. The Hall–Kier alpha value is -4.03. The van der Waals surface area contributed by atoms with Crippen LogP contribution in [-0.4, -0.2) is 16.1 Å². The van der Waals surface area contributed by atoms with Gasteiger partial charge >= 0.3 is 0 Å². The molecule has 0 N–H and O–H groups in total. The van der Waals surface area contributed by atoms with E-state index in [0.29, 0.717) is 0 Å². The van der Waals surface area contributed by atoms with Crippen molar-refractivity contribution in [3.8, 4) is 22.9 Å². The number of hydrogen-bond donors (Lipinski definition) is 0. The van der Waals surface area contributed by atoms with Crippen LogP contribution in [-0.2, 0) is 0 Å². The first-order valence-electron chi connectivity index (χ1n) is 15.3. The molecule has 4 aromatic rings. The molecule has 0 fully saturated rings. The summed E-state index contributed by atoms with van der Waals surface area (Å²) < 4.78 is 0. The zero-order valence-corrected chi connectivity index (χ0v) is 28.9. The van der Waals surface area contributed by atoms with Gasteiger partial charge in [0.05, 0.1) is 6.04 Å². The first-order valence-corrected chi connectivity index (χ1v) is 22.3. The predicted octanol–water partition coefficient (Wildman–Crippen LogP) is 10.1. The van der Waals surface area contributed by atoms with Crippen LogP contribution in [0.15, 0.2) is 103 Å². The van der Waals surface area contributed by atoms with Crippen LogP contribution in [0.25, 0.3) is 5.70 Å². The Kier molecular flexibility index (Phi) is 8.70. The van der Waals surface area contributed by atoms with Crippen molar-refractivity contribution < 1.29 is 0 Å². The summed E-state index contributed by atoms with van der Waals surface area (Å²) in [5.74, 6) is 7.04. The third kappa shape index (κ3) is 7.68. The molecule has 216 valence electrons. The van der Waals surface area contributed by atoms with Gasteiger partial charge in [-0.15, -0.1) is 11.1 Å². The Labute approximate surface area is 261 Å². The largest absolute Gasteiger partial charge is 0.333 e. The smallest absolute Gasteiger partial charge is 0.129 e. The van der Waals surface area contributed by atoms with E-state index in [9.17, 15) is 0 Å². The number of anilines is 1. The average Bonchev–Trinajstić information content (AvgIpc) is 3.36. The van der Waals surface area contributed by atoms with Crippen molar-refractivity contribution in [2.75, 3.05) is 4.90 Å². The summed E-state index contributed by atoms with van der Waals surface area (Å²) in [4.78, 5) is 2.54. The van der Waals surface area contributed by atoms with Gasteiger partial charge in [-0.2, -0.15) is 0 Å². The van der Waals surface area contributed by atoms with E-state index in [1.54, 1.807) is 0 Å². The topological polar surface area (TPSA) is 3.24 Å². The molecule has 1 aliphatic rings. The normalized spacial score (nSPS) is 16.6. The van der Waals surface area contributed by atoms with Gasteiger partial charge in [0.1, 0.15) is 16.1 Å². The maximum Gasteiger partial charge on any atom is 0.129 e. The van der Waals surface area contributed by atoms with Gasteiger partial charge in [-0.3, -0.25) is 0 Å². The molecule has 1 heterocycles. The minimum absolute atomic E-state index is 0.103. The fourth-order valence-electron chi connectivity index (χ4n) is 5.32. The standard InChI is InChI=1S/C40H43NSi2/c1-30-9-17-34(18-10-30)38-29-39(35-19-13-32(14-20-35)25-27-42(3,4)5)41(37-23-11-31(2)12-24-37)40(38)36-21-15-33(16-22-36)26-28-43(6,7)8/h9-24,29,38,40H,1-8H3. The SMILES string of the molecule is Cc1ccc(C2C=C(c3ccc(C#C[Si](C)(C)C)cc3)N(c3ccc(C)cc3)C2c2ccc(C#C[Si](C)(C)C)cc2)cc1. The summed E-state index contributed by atoms with van der Waals surface area (Å²) in [5, 5.41) is 0. The molecule has 0 aromatic heterocycles. The van der Waals surface area contributed by atoms with Gasteiger partial charge in [0.25, 0.3) is 0 Å². The van der Waals surface area contributed by atoms with Gasteiger partial charge in [-0.1, -0.05) is 129 Å². The van der Waals surface area contributed by atoms with E-state index in [2.05, 4.69) is 184 Å². The van der Waals surface area contributed by atoms with Gasteiger partial charge in [0.15, 0.2) is 0 Å². The van der Waals surface area contributed by atoms with Crippen molar-refractivity contribution in [2.24, 2.45) is 0 Å². The highest BCUT2D eigenvalue weighted by Gasteiger charge is 2.38. The quantitative estimate of drug-likeness (QED) is 0.168. The maximum absolute atomic E-state index is 3.52. The Morgan fingerprint density at radius 1 is 0.535 bits per heavy atom. The van der Waals surface area contributed by atoms with E-state index in [4.69, 9.17) is 0 Å². The van der Waals surface area contributed by atoms with Gasteiger partial charge in [0.2, 0.25) is 0 Å². The zero-order chi connectivity index (χ0) is 30.8. The van der Waals surface area contributed by atoms with Gasteiger partial charge in [-0.25, -0.2) is 0 Å². The molecule has 3 heteroatoms. The molecule has 2 atom stereocenters. The summed E-state index contributed by atoms with van der Waals surface area (Å²) in [5.41, 5.74) is 18.0. The third-order valence-electron chi connectivity index (χ3n) is 7.59. The van der Waals surface area contributed by atoms with Crippen LogP contribution in [0, 0.1) is 36.8 Å². The second kappa shape index (κ2) is 12.3. The molecule has 0 amide bonds. The average molecular weight is 594 g/mol. The number of rotatable bonds is 4. The monoisotopic (exact) mass is 593 g/mol. The second-order valence-corrected chi connectivity index (χ2v) is 23.3. The summed E-state index contributed by atoms with van der Waals surface area (Å²) in [6.45, 7) is 18.0. The maximum atomic E-state index is 3.52. The summed E-state index contributed by atoms with van der Waals surface area (Å²) in [6, 6.07) is 35.9. The Bertz CT molecular complexity index is 1730. The molecule has 1 aliphatic heterocycles. The van der Waals surface area contributed by atoms with E-state index >= 15 is 0 Å². The minimum atomic E-state index is -1.45. The lowest BCUT2D eigenvalue weighted by atomic mass is 9.87. The summed E-state index contributed by atoms with van der Waals surface area (Å²) in [7, 11) is -2.89. The lowest BCUT2D eigenvalue weighted by Crippen LogP contribution is -2.25. The van der Waals surface area contributed by atoms with E-state index in [-0.39, 0.29) is 12.0 Å². The highest BCUT2D eigenvalue weighted by Crippen LogP contribution is 2.50. The van der Waals surface area contributed by atoms with E-state index in [1.165, 1.54) is 39.2 Å². The van der Waals surface area contributed by atoms with Crippen molar-refractivity contribution in [1.82, 2.24) is 0 Å². The molecule has 0 radical (unpaired) electrons. The van der Waals surface area contributed by atoms with Crippen molar-refractivity contribution in [1.29, 1.82) is 0 Å². The predicted molar refractivity (Wildman–Crippen MR) is 192 cm³/mol. The molecular formula is C40H43NSi2. The highest BCUT2D eigenvalue weighted by molar-refractivity contribution is 6.84. The Morgan fingerprint density at radius 2 is 0.977 bits per heavy atom. The van der Waals surface area contributed by atoms with Crippen LogP contribution in [0.1, 0.15) is 50.9 Å². The van der Waals surface area contributed by atoms with Crippen LogP contribution < -0.4 is 4.90 Å². The number of aryl methyl sites for hydroxylation is 2. The van der Waals surface area contributed by atoms with Crippen molar-refractivity contribution in [3.05, 3.63) is 142 Å². The van der Waals surface area contributed by atoms with Gasteiger partial charge < -0.3 is 4.90 Å². The van der Waals surface area contributed by atoms with Crippen molar-refractivity contribution in [2.45, 2.75) is 65.1 Å². The lowest BCUT2D eigenvalue weighted by Gasteiger charge is -2.34. The van der Waals surface area contributed by atoms with E-state index in [1.807, 2.05) is 0 Å².